The zero-order chi connectivity index (χ0) is 27.7. The molecular weight excluding hydrogens is 500 g/mol. The number of aryl methyl sites for hydroxylation is 1. The van der Waals surface area contributed by atoms with Crippen molar-refractivity contribution in [1.82, 2.24) is 25.0 Å². The van der Waals surface area contributed by atoms with E-state index in [1.807, 2.05) is 31.2 Å². The molecule has 0 unspecified atom stereocenters. The van der Waals surface area contributed by atoms with Crippen molar-refractivity contribution in [2.45, 2.75) is 89.3 Å². The number of aromatic nitrogens is 3. The normalized spacial score (nSPS) is 23.5. The first-order valence-electron chi connectivity index (χ1n) is 15.2. The van der Waals surface area contributed by atoms with Crippen molar-refractivity contribution in [1.29, 1.82) is 0 Å². The van der Waals surface area contributed by atoms with E-state index in [2.05, 4.69) is 38.4 Å². The lowest BCUT2D eigenvalue weighted by molar-refractivity contribution is 0.0443. The summed E-state index contributed by atoms with van der Waals surface area (Å²) in [4.78, 5) is 19.9. The van der Waals surface area contributed by atoms with Gasteiger partial charge in [0.05, 0.1) is 24.4 Å². The summed E-state index contributed by atoms with van der Waals surface area (Å²) in [6, 6.07) is 11.1. The van der Waals surface area contributed by atoms with Crippen molar-refractivity contribution in [2.75, 3.05) is 32.6 Å². The lowest BCUT2D eigenvalue weighted by Gasteiger charge is -2.47. The van der Waals surface area contributed by atoms with Gasteiger partial charge >= 0.3 is 0 Å². The van der Waals surface area contributed by atoms with Crippen LogP contribution >= 0.6 is 0 Å². The minimum Gasteiger partial charge on any atom is -0.494 e. The number of pyridine rings is 1. The molecule has 8 heteroatoms. The Kier molecular flexibility index (Phi) is 7.82. The first-order chi connectivity index (χ1) is 19.4. The molecule has 40 heavy (non-hydrogen) atoms. The number of piperidine rings is 1. The topological polar surface area (TPSA) is 84.3 Å². The summed E-state index contributed by atoms with van der Waals surface area (Å²) in [7, 11) is 4.00. The molecule has 1 amide bonds. The number of ether oxygens (including phenoxy) is 1. The quantitative estimate of drug-likeness (QED) is 0.412. The van der Waals surface area contributed by atoms with Crippen LogP contribution in [0.1, 0.15) is 86.4 Å². The monoisotopic (exact) mass is 544 g/mol. The standard InChI is InChI=1S/C32H44N6O2/c1-22-5-4-6-27(34-22)31(39)35-29-19-23-21-38(36-28(23)20-30(29)40-3)26-9-7-24(8-10-26)37(2)25-11-13-32(14-12-25)15-17-33-18-16-32/h4-6,19-21,24-26,33H,7-18H2,1-3H3,(H,35,39)/t24-,26-. The van der Waals surface area contributed by atoms with Crippen molar-refractivity contribution in [3.63, 3.8) is 0 Å². The van der Waals surface area contributed by atoms with Crippen LogP contribution in [-0.2, 0) is 0 Å². The Bertz CT molecular complexity index is 1330. The number of hydrogen-bond donors (Lipinski definition) is 2. The van der Waals surface area contributed by atoms with E-state index in [9.17, 15) is 4.79 Å². The number of anilines is 1. The van der Waals surface area contributed by atoms with Gasteiger partial charge in [-0.05, 0) is 115 Å². The molecule has 2 saturated carbocycles. The van der Waals surface area contributed by atoms with Crippen molar-refractivity contribution >= 4 is 22.5 Å². The van der Waals surface area contributed by atoms with Crippen molar-refractivity contribution in [3.8, 4) is 5.75 Å². The van der Waals surface area contributed by atoms with Crippen LogP contribution in [0.15, 0.2) is 36.5 Å². The fraction of sp³-hybridized carbons (Fsp3) is 0.594. The molecular formula is C32H44N6O2. The van der Waals surface area contributed by atoms with Crippen LogP contribution in [0.25, 0.3) is 10.9 Å². The lowest BCUT2D eigenvalue weighted by Crippen LogP contribution is -2.47. The fourth-order valence-corrected chi connectivity index (χ4v) is 7.49. The summed E-state index contributed by atoms with van der Waals surface area (Å²) < 4.78 is 7.76. The second-order valence-electron chi connectivity index (χ2n) is 12.4. The smallest absolute Gasteiger partial charge is 0.274 e. The SMILES string of the molecule is COc1cc2nn([C@H]3CC[C@H](N(C)C4CCC5(CCNCC5)CC4)CC3)cc2cc1NC(=O)c1cccc(C)n1. The van der Waals surface area contributed by atoms with E-state index >= 15 is 0 Å². The molecule has 3 aromatic rings. The van der Waals surface area contributed by atoms with Crippen molar-refractivity contribution in [2.24, 2.45) is 5.41 Å². The zero-order valence-electron chi connectivity index (χ0n) is 24.3. The molecule has 214 valence electrons. The van der Waals surface area contributed by atoms with Gasteiger partial charge in [0.25, 0.3) is 5.91 Å². The molecule has 2 N–H and O–H groups in total. The average Bonchev–Trinajstić information content (AvgIpc) is 3.40. The highest BCUT2D eigenvalue weighted by atomic mass is 16.5. The molecule has 3 aliphatic rings. The second-order valence-corrected chi connectivity index (χ2v) is 12.4. The zero-order valence-corrected chi connectivity index (χ0v) is 24.3. The van der Waals surface area contributed by atoms with E-state index in [1.165, 1.54) is 64.5 Å². The van der Waals surface area contributed by atoms with Gasteiger partial charge in [0.2, 0.25) is 0 Å². The summed E-state index contributed by atoms with van der Waals surface area (Å²) in [5, 5.41) is 12.5. The number of nitrogens with one attached hydrogen (secondary N) is 2. The van der Waals surface area contributed by atoms with E-state index in [0.29, 0.717) is 34.6 Å². The molecule has 3 heterocycles. The number of fused-ring (bicyclic) bond motifs is 1. The second kappa shape index (κ2) is 11.5. The van der Waals surface area contributed by atoms with Gasteiger partial charge in [-0.1, -0.05) is 6.07 Å². The number of nitrogens with zero attached hydrogens (tertiary/aromatic N) is 4. The third-order valence-corrected chi connectivity index (χ3v) is 10.1. The molecule has 8 nitrogen and oxygen atoms in total. The van der Waals surface area contributed by atoms with E-state index in [-0.39, 0.29) is 5.91 Å². The predicted molar refractivity (Wildman–Crippen MR) is 159 cm³/mol. The maximum absolute atomic E-state index is 12.8. The minimum absolute atomic E-state index is 0.250. The minimum atomic E-state index is -0.250. The van der Waals surface area contributed by atoms with Gasteiger partial charge in [-0.3, -0.25) is 9.48 Å². The van der Waals surface area contributed by atoms with Gasteiger partial charge in [-0.2, -0.15) is 5.10 Å². The number of rotatable bonds is 6. The van der Waals surface area contributed by atoms with Crippen LogP contribution in [0.5, 0.6) is 5.75 Å². The molecule has 3 fully saturated rings. The van der Waals surface area contributed by atoms with E-state index in [0.717, 1.165) is 35.5 Å². The molecule has 1 aliphatic heterocycles. The lowest BCUT2D eigenvalue weighted by atomic mass is 9.67. The first kappa shape index (κ1) is 27.2. The van der Waals surface area contributed by atoms with Gasteiger partial charge in [0.15, 0.2) is 0 Å². The summed E-state index contributed by atoms with van der Waals surface area (Å²) in [6.45, 7) is 4.30. The fourth-order valence-electron chi connectivity index (χ4n) is 7.49. The number of hydrogen-bond acceptors (Lipinski definition) is 6. The van der Waals surface area contributed by atoms with Gasteiger partial charge in [0, 0.05) is 35.4 Å². The highest BCUT2D eigenvalue weighted by molar-refractivity contribution is 6.05. The predicted octanol–water partition coefficient (Wildman–Crippen LogP) is 5.73. The molecule has 2 aliphatic carbocycles. The number of benzene rings is 1. The Morgan fingerprint density at radius 1 is 1.05 bits per heavy atom. The third-order valence-electron chi connectivity index (χ3n) is 10.1. The van der Waals surface area contributed by atoms with E-state index < -0.39 is 0 Å². The van der Waals surface area contributed by atoms with Crippen LogP contribution < -0.4 is 15.4 Å². The van der Waals surface area contributed by atoms with Gasteiger partial charge in [-0.15, -0.1) is 0 Å². The third kappa shape index (κ3) is 5.61. The number of carbonyl (C=O) groups excluding carboxylic acids is 1. The summed E-state index contributed by atoms with van der Waals surface area (Å²) in [6.07, 6.45) is 15.1. The Morgan fingerprint density at radius 3 is 2.48 bits per heavy atom. The molecule has 0 atom stereocenters. The maximum Gasteiger partial charge on any atom is 0.274 e. The highest BCUT2D eigenvalue weighted by Gasteiger charge is 2.38. The van der Waals surface area contributed by atoms with Crippen LogP contribution in [-0.4, -0.2) is 64.9 Å². The van der Waals surface area contributed by atoms with Crippen LogP contribution in [0.4, 0.5) is 5.69 Å². The molecule has 1 spiro atoms. The van der Waals surface area contributed by atoms with Gasteiger partial charge in [-0.25, -0.2) is 4.98 Å². The van der Waals surface area contributed by atoms with Crippen molar-refractivity contribution in [3.05, 3.63) is 47.9 Å². The Hall–Kier alpha value is -2.97. The average molecular weight is 545 g/mol. The number of carbonyl (C=O) groups is 1. The van der Waals surface area contributed by atoms with Gasteiger partial charge < -0.3 is 20.3 Å². The van der Waals surface area contributed by atoms with Crippen LogP contribution in [0, 0.1) is 12.3 Å². The molecule has 1 aromatic carbocycles. The van der Waals surface area contributed by atoms with E-state index in [1.54, 1.807) is 13.2 Å². The van der Waals surface area contributed by atoms with Crippen LogP contribution in [0.2, 0.25) is 0 Å². The largest absolute Gasteiger partial charge is 0.494 e. The first-order valence-corrected chi connectivity index (χ1v) is 15.2. The van der Waals surface area contributed by atoms with Crippen molar-refractivity contribution < 1.29 is 9.53 Å². The summed E-state index contributed by atoms with van der Waals surface area (Å²) in [5.74, 6) is 0.350. The Balaban J connectivity index is 1.08. The molecule has 0 bridgehead atoms. The summed E-state index contributed by atoms with van der Waals surface area (Å²) in [5.41, 5.74) is 3.34. The molecule has 1 saturated heterocycles. The molecule has 2 aromatic heterocycles. The molecule has 0 radical (unpaired) electrons. The Labute approximate surface area is 237 Å². The number of amides is 1. The summed E-state index contributed by atoms with van der Waals surface area (Å²) >= 11 is 0. The Morgan fingerprint density at radius 2 is 1.77 bits per heavy atom. The highest BCUT2D eigenvalue weighted by Crippen LogP contribution is 2.45. The molecule has 6 rings (SSSR count). The van der Waals surface area contributed by atoms with Crippen LogP contribution in [0.3, 0.4) is 0 Å². The number of methoxy groups -OCH3 is 1. The van der Waals surface area contributed by atoms with Gasteiger partial charge in [0.1, 0.15) is 11.4 Å². The maximum atomic E-state index is 12.8. The van der Waals surface area contributed by atoms with E-state index in [4.69, 9.17) is 9.84 Å².